The maximum absolute atomic E-state index is 6.24. The average molecular weight is 288 g/mol. The van der Waals surface area contributed by atoms with E-state index in [1.807, 2.05) is 18.2 Å². The molecule has 0 radical (unpaired) electrons. The van der Waals surface area contributed by atoms with Gasteiger partial charge in [-0.05, 0) is 37.6 Å². The molecule has 2 nitrogen and oxygen atoms in total. The van der Waals surface area contributed by atoms with Crippen LogP contribution in [0.5, 0.6) is 0 Å². The Morgan fingerprint density at radius 1 is 1.39 bits per heavy atom. The zero-order valence-electron chi connectivity index (χ0n) is 10.6. The van der Waals surface area contributed by atoms with Gasteiger partial charge in [-0.1, -0.05) is 30.1 Å². The highest BCUT2D eigenvalue weighted by molar-refractivity contribution is 6.33. The van der Waals surface area contributed by atoms with Crippen LogP contribution in [0.1, 0.15) is 31.4 Å². The van der Waals surface area contributed by atoms with E-state index in [-0.39, 0.29) is 6.10 Å². The lowest BCUT2D eigenvalue weighted by Crippen LogP contribution is -2.25. The third-order valence-corrected chi connectivity index (χ3v) is 3.89. The number of halogens is 2. The van der Waals surface area contributed by atoms with E-state index in [1.165, 1.54) is 0 Å². The fourth-order valence-electron chi connectivity index (χ4n) is 2.38. The highest BCUT2D eigenvalue weighted by Crippen LogP contribution is 2.38. The molecule has 0 aliphatic carbocycles. The third-order valence-electron chi connectivity index (χ3n) is 3.31. The number of hydrogen-bond acceptors (Lipinski definition) is 2. The van der Waals surface area contributed by atoms with Gasteiger partial charge >= 0.3 is 0 Å². The molecule has 0 spiro atoms. The Morgan fingerprint density at radius 2 is 2.22 bits per heavy atom. The molecule has 0 amide bonds. The molecule has 2 rings (SSSR count). The molecule has 1 fully saturated rings. The second kappa shape index (κ2) is 6.76. The Labute approximate surface area is 119 Å². The quantitative estimate of drug-likeness (QED) is 0.825. The van der Waals surface area contributed by atoms with Gasteiger partial charge in [-0.2, -0.15) is 0 Å². The first-order valence-corrected chi connectivity index (χ1v) is 7.25. The highest BCUT2D eigenvalue weighted by Gasteiger charge is 2.30. The van der Waals surface area contributed by atoms with Crippen LogP contribution in [0.3, 0.4) is 0 Å². The van der Waals surface area contributed by atoms with Gasteiger partial charge in [-0.25, -0.2) is 0 Å². The van der Waals surface area contributed by atoms with Crippen molar-refractivity contribution in [2.24, 2.45) is 5.92 Å². The first-order chi connectivity index (χ1) is 8.72. The molecular weight excluding hydrogens is 269 g/mol. The van der Waals surface area contributed by atoms with Crippen LogP contribution in [0.2, 0.25) is 10.0 Å². The van der Waals surface area contributed by atoms with E-state index < -0.39 is 0 Å². The van der Waals surface area contributed by atoms with Crippen molar-refractivity contribution in [3.8, 4) is 0 Å². The fraction of sp³-hybridized carbons (Fsp3) is 0.571. The first kappa shape index (κ1) is 14.1. The summed E-state index contributed by atoms with van der Waals surface area (Å²) in [5, 5.41) is 4.91. The minimum absolute atomic E-state index is 0.0700. The largest absolute Gasteiger partial charge is 0.373 e. The minimum Gasteiger partial charge on any atom is -0.373 e. The molecule has 1 aromatic carbocycles. The van der Waals surface area contributed by atoms with E-state index in [9.17, 15) is 0 Å². The number of ether oxygens (including phenoxy) is 1. The molecule has 100 valence electrons. The van der Waals surface area contributed by atoms with Crippen LogP contribution >= 0.6 is 23.2 Å². The topological polar surface area (TPSA) is 21.3 Å². The summed E-state index contributed by atoms with van der Waals surface area (Å²) in [7, 11) is 0. The standard InChI is InChI=1S/C14H19Cl2NO/c1-2-6-17-9-10-5-7-18-14(10)12-8-11(15)3-4-13(12)16/h3-4,8,10,14,17H,2,5-7,9H2,1H3. The molecule has 2 unspecified atom stereocenters. The SMILES string of the molecule is CCCNCC1CCOC1c1cc(Cl)ccc1Cl. The van der Waals surface area contributed by atoms with E-state index in [0.717, 1.165) is 43.1 Å². The molecule has 1 aliphatic heterocycles. The summed E-state index contributed by atoms with van der Waals surface area (Å²) in [5.74, 6) is 0.479. The molecule has 4 heteroatoms. The van der Waals surface area contributed by atoms with Gasteiger partial charge in [0.15, 0.2) is 0 Å². The highest BCUT2D eigenvalue weighted by atomic mass is 35.5. The molecule has 1 aromatic rings. The number of benzene rings is 1. The van der Waals surface area contributed by atoms with Gasteiger partial charge in [-0.3, -0.25) is 0 Å². The number of hydrogen-bond donors (Lipinski definition) is 1. The predicted molar refractivity (Wildman–Crippen MR) is 76.4 cm³/mol. The van der Waals surface area contributed by atoms with Gasteiger partial charge in [0, 0.05) is 34.7 Å². The van der Waals surface area contributed by atoms with Gasteiger partial charge in [-0.15, -0.1) is 0 Å². The van der Waals surface area contributed by atoms with Gasteiger partial charge in [0.2, 0.25) is 0 Å². The van der Waals surface area contributed by atoms with Gasteiger partial charge in [0.1, 0.15) is 0 Å². The lowest BCUT2D eigenvalue weighted by molar-refractivity contribution is 0.0906. The molecule has 0 bridgehead atoms. The fourth-order valence-corrected chi connectivity index (χ4v) is 2.79. The normalized spacial score (nSPS) is 23.5. The molecule has 1 saturated heterocycles. The van der Waals surface area contributed by atoms with Crippen molar-refractivity contribution in [3.63, 3.8) is 0 Å². The van der Waals surface area contributed by atoms with E-state index in [2.05, 4.69) is 12.2 Å². The second-order valence-corrected chi connectivity index (χ2v) is 5.55. The zero-order valence-corrected chi connectivity index (χ0v) is 12.1. The van der Waals surface area contributed by atoms with Gasteiger partial charge in [0.05, 0.1) is 6.10 Å². The summed E-state index contributed by atoms with van der Waals surface area (Å²) in [6.45, 7) is 4.99. The maximum atomic E-state index is 6.24. The number of rotatable bonds is 5. The Balaban J connectivity index is 2.08. The Kier molecular flexibility index (Phi) is 5.31. The first-order valence-electron chi connectivity index (χ1n) is 6.49. The summed E-state index contributed by atoms with van der Waals surface area (Å²) in [6.07, 6.45) is 2.29. The van der Waals surface area contributed by atoms with Crippen LogP contribution in [0.25, 0.3) is 0 Å². The minimum atomic E-state index is 0.0700. The molecule has 18 heavy (non-hydrogen) atoms. The predicted octanol–water partition coefficient (Wildman–Crippen LogP) is 4.07. The molecule has 1 aliphatic rings. The van der Waals surface area contributed by atoms with Gasteiger partial charge < -0.3 is 10.1 Å². The smallest absolute Gasteiger partial charge is 0.0880 e. The molecule has 1 N–H and O–H groups in total. The van der Waals surface area contributed by atoms with Crippen LogP contribution in [-0.4, -0.2) is 19.7 Å². The number of nitrogens with one attached hydrogen (secondary N) is 1. The van der Waals surface area contributed by atoms with E-state index in [0.29, 0.717) is 10.9 Å². The lowest BCUT2D eigenvalue weighted by Gasteiger charge is -2.20. The third kappa shape index (κ3) is 3.39. The second-order valence-electron chi connectivity index (χ2n) is 4.71. The summed E-state index contributed by atoms with van der Waals surface area (Å²) in [5.41, 5.74) is 1.02. The van der Waals surface area contributed by atoms with Crippen LogP contribution in [-0.2, 0) is 4.74 Å². The van der Waals surface area contributed by atoms with Crippen LogP contribution in [0.15, 0.2) is 18.2 Å². The summed E-state index contributed by atoms with van der Waals surface area (Å²) in [6, 6.07) is 5.58. The van der Waals surface area contributed by atoms with E-state index in [4.69, 9.17) is 27.9 Å². The van der Waals surface area contributed by atoms with Crippen LogP contribution in [0, 0.1) is 5.92 Å². The Hall–Kier alpha value is -0.280. The maximum Gasteiger partial charge on any atom is 0.0880 e. The lowest BCUT2D eigenvalue weighted by atomic mass is 9.95. The van der Waals surface area contributed by atoms with Crippen molar-refractivity contribution in [3.05, 3.63) is 33.8 Å². The monoisotopic (exact) mass is 287 g/mol. The van der Waals surface area contributed by atoms with Crippen molar-refractivity contribution in [2.45, 2.75) is 25.9 Å². The molecule has 0 saturated carbocycles. The summed E-state index contributed by atoms with van der Waals surface area (Å²) in [4.78, 5) is 0. The van der Waals surface area contributed by atoms with Crippen molar-refractivity contribution in [1.29, 1.82) is 0 Å². The molecule has 2 atom stereocenters. The van der Waals surface area contributed by atoms with E-state index in [1.54, 1.807) is 0 Å². The van der Waals surface area contributed by atoms with Crippen LogP contribution in [0.4, 0.5) is 0 Å². The summed E-state index contributed by atoms with van der Waals surface area (Å²) < 4.78 is 5.84. The van der Waals surface area contributed by atoms with Crippen molar-refractivity contribution in [1.82, 2.24) is 5.32 Å². The summed E-state index contributed by atoms with van der Waals surface area (Å²) >= 11 is 12.3. The average Bonchev–Trinajstić information content (AvgIpc) is 2.81. The molecular formula is C14H19Cl2NO. The van der Waals surface area contributed by atoms with Crippen molar-refractivity contribution in [2.75, 3.05) is 19.7 Å². The van der Waals surface area contributed by atoms with Crippen molar-refractivity contribution < 1.29 is 4.74 Å². The van der Waals surface area contributed by atoms with Crippen LogP contribution < -0.4 is 5.32 Å². The van der Waals surface area contributed by atoms with Crippen molar-refractivity contribution >= 4 is 23.2 Å². The Bertz CT molecular complexity index is 397. The Morgan fingerprint density at radius 3 is 3.00 bits per heavy atom. The molecule has 0 aromatic heterocycles. The van der Waals surface area contributed by atoms with E-state index >= 15 is 0 Å². The zero-order chi connectivity index (χ0) is 13.0. The van der Waals surface area contributed by atoms with Gasteiger partial charge in [0.25, 0.3) is 0 Å². The molecule has 1 heterocycles.